The highest BCUT2D eigenvalue weighted by Gasteiger charge is 2.56. The molecule has 0 aromatic carbocycles. The van der Waals surface area contributed by atoms with Gasteiger partial charge in [-0.3, -0.25) is 4.57 Å². The molecule has 2 aliphatic carbocycles. The standard InChI is InChI=1S/C15H29NO2Si/c1-17-19(18-2,14-8-4-5-9-14)16-12-11-13-7-3-6-10-15(13)16/h13-15H,3-12H2,1-2H3. The lowest BCUT2D eigenvalue weighted by Gasteiger charge is -2.44. The normalized spacial score (nSPS) is 33.8. The Bertz CT molecular complexity index is 303. The van der Waals surface area contributed by atoms with Gasteiger partial charge in [0.05, 0.1) is 0 Å². The van der Waals surface area contributed by atoms with Crippen molar-refractivity contribution in [2.45, 2.75) is 69.4 Å². The predicted molar refractivity (Wildman–Crippen MR) is 79.1 cm³/mol. The minimum Gasteiger partial charge on any atom is -0.386 e. The lowest BCUT2D eigenvalue weighted by molar-refractivity contribution is 0.124. The Kier molecular flexibility index (Phi) is 4.32. The molecule has 0 spiro atoms. The number of rotatable bonds is 4. The summed E-state index contributed by atoms with van der Waals surface area (Å²) < 4.78 is 15.0. The Morgan fingerprint density at radius 3 is 2.16 bits per heavy atom. The third-order valence-corrected chi connectivity index (χ3v) is 10.0. The van der Waals surface area contributed by atoms with E-state index in [9.17, 15) is 0 Å². The first-order valence-electron chi connectivity index (χ1n) is 8.19. The Hall–Kier alpha value is 0.0969. The van der Waals surface area contributed by atoms with Crippen LogP contribution in [0, 0.1) is 5.92 Å². The summed E-state index contributed by atoms with van der Waals surface area (Å²) >= 11 is 0. The predicted octanol–water partition coefficient (Wildman–Crippen LogP) is 3.43. The molecule has 0 radical (unpaired) electrons. The van der Waals surface area contributed by atoms with E-state index in [-0.39, 0.29) is 0 Å². The van der Waals surface area contributed by atoms with Crippen LogP contribution in [0.15, 0.2) is 0 Å². The van der Waals surface area contributed by atoms with Crippen molar-refractivity contribution in [3.8, 4) is 0 Å². The molecule has 1 heterocycles. The highest BCUT2D eigenvalue weighted by Crippen LogP contribution is 2.46. The van der Waals surface area contributed by atoms with Gasteiger partial charge in [0.1, 0.15) is 0 Å². The summed E-state index contributed by atoms with van der Waals surface area (Å²) in [5, 5.41) is 0. The highest BCUT2D eigenvalue weighted by molar-refractivity contribution is 6.66. The van der Waals surface area contributed by atoms with Crippen LogP contribution in [-0.2, 0) is 8.85 Å². The highest BCUT2D eigenvalue weighted by atomic mass is 28.4. The number of nitrogens with zero attached hydrogens (tertiary/aromatic N) is 1. The summed E-state index contributed by atoms with van der Waals surface area (Å²) in [6.07, 6.45) is 12.4. The van der Waals surface area contributed by atoms with Gasteiger partial charge in [0.2, 0.25) is 0 Å². The van der Waals surface area contributed by atoms with E-state index in [4.69, 9.17) is 8.85 Å². The molecule has 2 atom stereocenters. The summed E-state index contributed by atoms with van der Waals surface area (Å²) in [5.41, 5.74) is 0.697. The summed E-state index contributed by atoms with van der Waals surface area (Å²) in [5.74, 6) is 0.923. The average Bonchev–Trinajstić information content (AvgIpc) is 3.11. The van der Waals surface area contributed by atoms with Crippen molar-refractivity contribution in [1.29, 1.82) is 0 Å². The zero-order valence-corrected chi connectivity index (χ0v) is 13.6. The molecular weight excluding hydrogens is 254 g/mol. The van der Waals surface area contributed by atoms with Crippen LogP contribution in [0.5, 0.6) is 0 Å². The van der Waals surface area contributed by atoms with Gasteiger partial charge in [-0.15, -0.1) is 0 Å². The molecule has 4 heteroatoms. The fraction of sp³-hybridized carbons (Fsp3) is 1.00. The van der Waals surface area contributed by atoms with Gasteiger partial charge in [0, 0.05) is 25.8 Å². The van der Waals surface area contributed by atoms with E-state index in [0.717, 1.165) is 12.0 Å². The first-order chi connectivity index (χ1) is 9.31. The first-order valence-corrected chi connectivity index (χ1v) is 10.0. The molecule has 0 N–H and O–H groups in total. The van der Waals surface area contributed by atoms with E-state index < -0.39 is 8.72 Å². The Morgan fingerprint density at radius 2 is 1.47 bits per heavy atom. The van der Waals surface area contributed by atoms with Crippen molar-refractivity contribution in [2.75, 3.05) is 20.8 Å². The van der Waals surface area contributed by atoms with Gasteiger partial charge >= 0.3 is 8.72 Å². The van der Waals surface area contributed by atoms with E-state index in [0.29, 0.717) is 5.54 Å². The summed E-state index contributed by atoms with van der Waals surface area (Å²) in [4.78, 5) is 0. The Morgan fingerprint density at radius 1 is 0.842 bits per heavy atom. The molecule has 1 saturated heterocycles. The van der Waals surface area contributed by atoms with Crippen LogP contribution in [0.3, 0.4) is 0 Å². The monoisotopic (exact) mass is 283 g/mol. The quantitative estimate of drug-likeness (QED) is 0.738. The van der Waals surface area contributed by atoms with Crippen molar-refractivity contribution >= 4 is 8.72 Å². The van der Waals surface area contributed by atoms with E-state index in [2.05, 4.69) is 4.57 Å². The molecule has 3 rings (SSSR count). The minimum atomic E-state index is -2.15. The maximum absolute atomic E-state index is 6.15. The molecular formula is C15H29NO2Si. The third-order valence-electron chi connectivity index (χ3n) is 5.87. The van der Waals surface area contributed by atoms with Crippen LogP contribution in [0.1, 0.15) is 57.8 Å². The van der Waals surface area contributed by atoms with E-state index in [1.807, 2.05) is 14.2 Å². The van der Waals surface area contributed by atoms with Crippen LogP contribution >= 0.6 is 0 Å². The molecule has 110 valence electrons. The van der Waals surface area contributed by atoms with Gasteiger partial charge < -0.3 is 8.85 Å². The van der Waals surface area contributed by atoms with Crippen LogP contribution in [0.25, 0.3) is 0 Å². The minimum absolute atomic E-state index is 0.697. The zero-order valence-electron chi connectivity index (χ0n) is 12.6. The third kappa shape index (κ3) is 2.31. The molecule has 0 amide bonds. The van der Waals surface area contributed by atoms with Gasteiger partial charge in [0.25, 0.3) is 0 Å². The van der Waals surface area contributed by atoms with E-state index in [1.165, 1.54) is 64.3 Å². The lowest BCUT2D eigenvalue weighted by atomic mass is 9.86. The number of fused-ring (bicyclic) bond motifs is 1. The topological polar surface area (TPSA) is 21.7 Å². The van der Waals surface area contributed by atoms with Gasteiger partial charge in [0.15, 0.2) is 0 Å². The summed E-state index contributed by atoms with van der Waals surface area (Å²) in [6.45, 7) is 1.22. The smallest absolute Gasteiger partial charge is 0.386 e. The van der Waals surface area contributed by atoms with E-state index in [1.54, 1.807) is 0 Å². The zero-order chi connectivity index (χ0) is 13.3. The molecule has 1 aliphatic heterocycles. The van der Waals surface area contributed by atoms with Gasteiger partial charge in [-0.2, -0.15) is 0 Å². The molecule has 3 fully saturated rings. The van der Waals surface area contributed by atoms with Gasteiger partial charge in [-0.05, 0) is 44.6 Å². The second kappa shape index (κ2) is 5.84. The molecule has 0 aromatic heterocycles. The van der Waals surface area contributed by atoms with Gasteiger partial charge in [-0.1, -0.05) is 25.7 Å². The molecule has 3 nitrogen and oxygen atoms in total. The average molecular weight is 283 g/mol. The maximum atomic E-state index is 6.15. The molecule has 0 bridgehead atoms. The van der Waals surface area contributed by atoms with Crippen molar-refractivity contribution < 1.29 is 8.85 Å². The second-order valence-electron chi connectivity index (χ2n) is 6.61. The Labute approximate surface area is 119 Å². The lowest BCUT2D eigenvalue weighted by Crippen LogP contribution is -2.62. The summed E-state index contributed by atoms with van der Waals surface area (Å²) in [7, 11) is 1.66. The van der Waals surface area contributed by atoms with Crippen LogP contribution in [0.4, 0.5) is 0 Å². The van der Waals surface area contributed by atoms with Crippen LogP contribution in [-0.4, -0.2) is 40.1 Å². The molecule has 19 heavy (non-hydrogen) atoms. The van der Waals surface area contributed by atoms with Crippen molar-refractivity contribution in [3.05, 3.63) is 0 Å². The van der Waals surface area contributed by atoms with Crippen molar-refractivity contribution in [3.63, 3.8) is 0 Å². The van der Waals surface area contributed by atoms with Gasteiger partial charge in [-0.25, -0.2) is 0 Å². The maximum Gasteiger partial charge on any atom is 0.430 e. The Balaban J connectivity index is 1.82. The molecule has 0 aromatic rings. The second-order valence-corrected chi connectivity index (χ2v) is 10.1. The van der Waals surface area contributed by atoms with Crippen LogP contribution in [0.2, 0.25) is 5.54 Å². The van der Waals surface area contributed by atoms with Crippen molar-refractivity contribution in [2.24, 2.45) is 5.92 Å². The fourth-order valence-corrected chi connectivity index (χ4v) is 9.12. The molecule has 3 aliphatic rings. The molecule has 2 saturated carbocycles. The van der Waals surface area contributed by atoms with E-state index >= 15 is 0 Å². The summed E-state index contributed by atoms with van der Waals surface area (Å²) in [6, 6.07) is 0.765. The molecule has 2 unspecified atom stereocenters. The van der Waals surface area contributed by atoms with Crippen LogP contribution < -0.4 is 0 Å². The number of hydrogen-bond donors (Lipinski definition) is 0. The van der Waals surface area contributed by atoms with Crippen molar-refractivity contribution in [1.82, 2.24) is 4.57 Å². The largest absolute Gasteiger partial charge is 0.430 e. The first kappa shape index (κ1) is 14.1. The number of hydrogen-bond acceptors (Lipinski definition) is 3. The SMILES string of the molecule is CO[Si](OC)(C1CCCC1)N1CCC2CCCCC21. The fourth-order valence-electron chi connectivity index (χ4n) is 4.97.